The first-order valence-electron chi connectivity index (χ1n) is 8.47. The third kappa shape index (κ3) is 3.73. The van der Waals surface area contributed by atoms with Gasteiger partial charge in [0.05, 0.1) is 24.7 Å². The average molecular weight is 435 g/mol. The van der Waals surface area contributed by atoms with Gasteiger partial charge in [-0.25, -0.2) is 4.98 Å². The number of thiophene rings is 1. The van der Waals surface area contributed by atoms with Gasteiger partial charge in [0.25, 0.3) is 5.56 Å². The minimum atomic E-state index is -0.313. The third-order valence-corrected chi connectivity index (χ3v) is 5.84. The lowest BCUT2D eigenvalue weighted by Crippen LogP contribution is -2.22. The number of ether oxygens (including phenoxy) is 1. The molecule has 1 aromatic carbocycles. The number of carbonyl (C=O) groups excluding carboxylic acids is 1. The van der Waals surface area contributed by atoms with Crippen LogP contribution in [0.3, 0.4) is 0 Å². The number of esters is 1. The van der Waals surface area contributed by atoms with Crippen molar-refractivity contribution in [2.45, 2.75) is 33.2 Å². The Kier molecular flexibility index (Phi) is 5.88. The first kappa shape index (κ1) is 18.8. The van der Waals surface area contributed by atoms with E-state index in [0.29, 0.717) is 12.0 Å². The van der Waals surface area contributed by atoms with Crippen LogP contribution in [-0.2, 0) is 22.5 Å². The van der Waals surface area contributed by atoms with E-state index in [-0.39, 0.29) is 24.5 Å². The number of nitrogens with zero attached hydrogens (tertiary/aromatic N) is 2. The molecule has 0 aliphatic heterocycles. The third-order valence-electron chi connectivity index (χ3n) is 4.07. The molecular weight excluding hydrogens is 416 g/mol. The van der Waals surface area contributed by atoms with Crippen molar-refractivity contribution in [3.8, 4) is 11.1 Å². The number of fused-ring (bicyclic) bond motifs is 1. The number of aryl methyl sites for hydroxylation is 2. The van der Waals surface area contributed by atoms with E-state index in [0.717, 1.165) is 31.7 Å². The van der Waals surface area contributed by atoms with Gasteiger partial charge in [-0.2, -0.15) is 0 Å². The van der Waals surface area contributed by atoms with E-state index in [2.05, 4.69) is 27.8 Å². The summed E-state index contributed by atoms with van der Waals surface area (Å²) in [4.78, 5) is 31.0. The van der Waals surface area contributed by atoms with Crippen LogP contribution in [0.1, 0.15) is 25.1 Å². The minimum absolute atomic E-state index is 0.117. The predicted octanol–water partition coefficient (Wildman–Crippen LogP) is 4.40. The maximum Gasteiger partial charge on any atom is 0.307 e. The van der Waals surface area contributed by atoms with Crippen molar-refractivity contribution in [2.24, 2.45) is 0 Å². The van der Waals surface area contributed by atoms with Crippen molar-refractivity contribution in [2.75, 3.05) is 6.61 Å². The molecule has 3 aromatic rings. The Morgan fingerprint density at radius 2 is 2.00 bits per heavy atom. The lowest BCUT2D eigenvalue weighted by molar-refractivity contribution is -0.143. The van der Waals surface area contributed by atoms with Crippen LogP contribution in [0.25, 0.3) is 21.3 Å². The molecule has 2 aromatic heterocycles. The van der Waals surface area contributed by atoms with E-state index in [1.807, 2.05) is 24.3 Å². The maximum absolute atomic E-state index is 13.1. The summed E-state index contributed by atoms with van der Waals surface area (Å²) >= 11 is 5.00. The summed E-state index contributed by atoms with van der Waals surface area (Å²) in [6.45, 7) is 4.44. The fraction of sp³-hybridized carbons (Fsp3) is 0.316. The molecule has 0 bridgehead atoms. The van der Waals surface area contributed by atoms with Crippen LogP contribution >= 0.6 is 27.3 Å². The highest BCUT2D eigenvalue weighted by Gasteiger charge is 2.18. The molecule has 0 unspecified atom stereocenters. The molecule has 0 aliphatic rings. The Labute approximate surface area is 163 Å². The fourth-order valence-corrected chi connectivity index (χ4v) is 4.20. The highest BCUT2D eigenvalue weighted by Crippen LogP contribution is 2.36. The topological polar surface area (TPSA) is 61.2 Å². The quantitative estimate of drug-likeness (QED) is 0.539. The maximum atomic E-state index is 13.1. The first-order valence-corrected chi connectivity index (χ1v) is 10.1. The molecule has 0 fully saturated rings. The average Bonchev–Trinajstić information content (AvgIpc) is 3.01. The minimum Gasteiger partial charge on any atom is -0.466 e. The zero-order chi connectivity index (χ0) is 18.7. The molecule has 0 atom stereocenters. The molecule has 0 saturated heterocycles. The second-order valence-corrected chi connectivity index (χ2v) is 7.74. The normalized spacial score (nSPS) is 11.0. The number of carbonyl (C=O) groups is 1. The van der Waals surface area contributed by atoms with E-state index >= 15 is 0 Å². The number of halogens is 1. The molecule has 136 valence electrons. The molecule has 0 saturated carbocycles. The van der Waals surface area contributed by atoms with E-state index in [4.69, 9.17) is 4.74 Å². The van der Waals surface area contributed by atoms with Crippen molar-refractivity contribution in [3.05, 3.63) is 50.3 Å². The zero-order valence-electron chi connectivity index (χ0n) is 14.6. The van der Waals surface area contributed by atoms with E-state index in [1.165, 1.54) is 10.9 Å². The Morgan fingerprint density at radius 1 is 1.27 bits per heavy atom. The van der Waals surface area contributed by atoms with Crippen LogP contribution in [0.5, 0.6) is 0 Å². The van der Waals surface area contributed by atoms with Crippen LogP contribution in [0, 0.1) is 0 Å². The van der Waals surface area contributed by atoms with Gasteiger partial charge in [-0.1, -0.05) is 35.0 Å². The van der Waals surface area contributed by atoms with Gasteiger partial charge in [-0.15, -0.1) is 11.3 Å². The predicted molar refractivity (Wildman–Crippen MR) is 108 cm³/mol. The van der Waals surface area contributed by atoms with Gasteiger partial charge >= 0.3 is 5.97 Å². The van der Waals surface area contributed by atoms with Crippen LogP contribution in [-0.4, -0.2) is 22.1 Å². The monoisotopic (exact) mass is 434 g/mol. The number of hydrogen-bond donors (Lipinski definition) is 0. The number of rotatable bonds is 6. The van der Waals surface area contributed by atoms with E-state index < -0.39 is 0 Å². The van der Waals surface area contributed by atoms with Crippen LogP contribution < -0.4 is 5.56 Å². The number of aromatic nitrogens is 2. The van der Waals surface area contributed by atoms with Gasteiger partial charge in [-0.3, -0.25) is 14.2 Å². The molecule has 3 rings (SSSR count). The number of hydrogen-bond acceptors (Lipinski definition) is 5. The summed E-state index contributed by atoms with van der Waals surface area (Å²) in [5.74, 6) is -0.313. The molecule has 0 N–H and O–H groups in total. The van der Waals surface area contributed by atoms with Gasteiger partial charge in [0.15, 0.2) is 0 Å². The smallest absolute Gasteiger partial charge is 0.307 e. The molecule has 5 nitrogen and oxygen atoms in total. The summed E-state index contributed by atoms with van der Waals surface area (Å²) in [6.07, 6.45) is 2.50. The Hall–Kier alpha value is -1.99. The Morgan fingerprint density at radius 3 is 2.65 bits per heavy atom. The molecule has 0 spiro atoms. The highest BCUT2D eigenvalue weighted by atomic mass is 79.9. The number of benzene rings is 1. The second-order valence-electron chi connectivity index (χ2n) is 5.74. The largest absolute Gasteiger partial charge is 0.466 e. The van der Waals surface area contributed by atoms with Crippen molar-refractivity contribution < 1.29 is 9.53 Å². The van der Waals surface area contributed by atoms with Gasteiger partial charge < -0.3 is 4.74 Å². The van der Waals surface area contributed by atoms with Crippen molar-refractivity contribution in [3.63, 3.8) is 0 Å². The standard InChI is InChI=1S/C19H19BrN2O3S/c1-3-14-16(12-5-7-13(20)8-6-12)17-18(26-14)21-11-22(19(17)24)10-9-15(23)25-4-2/h5-8,11H,3-4,9-10H2,1-2H3. The van der Waals surface area contributed by atoms with Crippen LogP contribution in [0.2, 0.25) is 0 Å². The van der Waals surface area contributed by atoms with Gasteiger partial charge in [-0.05, 0) is 31.0 Å². The van der Waals surface area contributed by atoms with Gasteiger partial charge in [0, 0.05) is 21.5 Å². The molecule has 0 radical (unpaired) electrons. The Bertz CT molecular complexity index is 992. The molecule has 2 heterocycles. The molecular formula is C19H19BrN2O3S. The van der Waals surface area contributed by atoms with Crippen LogP contribution in [0.15, 0.2) is 39.9 Å². The summed E-state index contributed by atoms with van der Waals surface area (Å²) in [6, 6.07) is 7.93. The summed E-state index contributed by atoms with van der Waals surface area (Å²) < 4.78 is 7.42. The second kappa shape index (κ2) is 8.14. The van der Waals surface area contributed by atoms with Crippen LogP contribution in [0.4, 0.5) is 0 Å². The van der Waals surface area contributed by atoms with Crippen molar-refractivity contribution in [1.29, 1.82) is 0 Å². The summed E-state index contributed by atoms with van der Waals surface area (Å²) in [7, 11) is 0. The lowest BCUT2D eigenvalue weighted by Gasteiger charge is -2.07. The van der Waals surface area contributed by atoms with Crippen molar-refractivity contribution >= 4 is 43.5 Å². The molecule has 0 amide bonds. The summed E-state index contributed by atoms with van der Waals surface area (Å²) in [5.41, 5.74) is 1.83. The fourth-order valence-electron chi connectivity index (χ4n) is 2.85. The van der Waals surface area contributed by atoms with Gasteiger partial charge in [0.1, 0.15) is 4.83 Å². The van der Waals surface area contributed by atoms with E-state index in [9.17, 15) is 9.59 Å². The molecule has 0 aliphatic carbocycles. The van der Waals surface area contributed by atoms with E-state index in [1.54, 1.807) is 18.3 Å². The highest BCUT2D eigenvalue weighted by molar-refractivity contribution is 9.10. The molecule has 7 heteroatoms. The molecule has 26 heavy (non-hydrogen) atoms. The Balaban J connectivity index is 2.09. The van der Waals surface area contributed by atoms with Gasteiger partial charge in [0.2, 0.25) is 0 Å². The van der Waals surface area contributed by atoms with Crippen molar-refractivity contribution in [1.82, 2.24) is 9.55 Å². The first-order chi connectivity index (χ1) is 12.5. The summed E-state index contributed by atoms with van der Waals surface area (Å²) in [5, 5.41) is 0.625. The SMILES string of the molecule is CCOC(=O)CCn1cnc2sc(CC)c(-c3ccc(Br)cc3)c2c1=O. The zero-order valence-corrected chi connectivity index (χ0v) is 17.0. The lowest BCUT2D eigenvalue weighted by atomic mass is 10.0.